The molecule has 0 spiro atoms. The van der Waals surface area contributed by atoms with Gasteiger partial charge < -0.3 is 10.6 Å². The van der Waals surface area contributed by atoms with E-state index < -0.39 is 0 Å². The van der Waals surface area contributed by atoms with E-state index >= 15 is 0 Å². The maximum Gasteiger partial charge on any atom is 0.191 e. The van der Waals surface area contributed by atoms with E-state index in [9.17, 15) is 0 Å². The fraction of sp³-hybridized carbons (Fsp3) is 0.615. The van der Waals surface area contributed by atoms with Crippen LogP contribution in [0.15, 0.2) is 17.1 Å². The third-order valence-corrected chi connectivity index (χ3v) is 4.93. The number of aryl methyl sites for hydroxylation is 1. The van der Waals surface area contributed by atoms with Crippen LogP contribution in [0.3, 0.4) is 0 Å². The summed E-state index contributed by atoms with van der Waals surface area (Å²) in [6.07, 6.45) is 2.13. The monoisotopic (exact) mass is 413 g/mol. The van der Waals surface area contributed by atoms with Crippen molar-refractivity contribution < 1.29 is 0 Å². The third kappa shape index (κ3) is 7.41. The van der Waals surface area contributed by atoms with Gasteiger partial charge in [-0.2, -0.15) is 11.8 Å². The van der Waals surface area contributed by atoms with Crippen molar-refractivity contribution in [2.75, 3.05) is 19.8 Å². The Kier molecular flexibility index (Phi) is 9.10. The molecule has 110 valence electrons. The van der Waals surface area contributed by atoms with Crippen molar-refractivity contribution in [3.8, 4) is 0 Å². The standard InChI is InChI=1S/C13H23N3S2.HI/c1-10-6-7-11(18-10)8-15-12(14-4)16-9-13(2,3)17-5;/h6-7H,8-9H2,1-5H3,(H2,14,15,16);1H. The van der Waals surface area contributed by atoms with Crippen LogP contribution in [0.1, 0.15) is 23.6 Å². The molecule has 0 atom stereocenters. The van der Waals surface area contributed by atoms with Crippen molar-refractivity contribution in [3.05, 3.63) is 21.9 Å². The molecule has 19 heavy (non-hydrogen) atoms. The summed E-state index contributed by atoms with van der Waals surface area (Å²) in [5.74, 6) is 0.864. The van der Waals surface area contributed by atoms with Crippen LogP contribution in [0, 0.1) is 6.92 Å². The lowest BCUT2D eigenvalue weighted by atomic mass is 10.2. The topological polar surface area (TPSA) is 36.4 Å². The number of thioether (sulfide) groups is 1. The van der Waals surface area contributed by atoms with Crippen molar-refractivity contribution in [2.45, 2.75) is 32.1 Å². The Bertz CT molecular complexity index is 402. The maximum absolute atomic E-state index is 4.24. The van der Waals surface area contributed by atoms with E-state index in [0.29, 0.717) is 0 Å². The molecule has 1 aromatic rings. The molecule has 0 amide bonds. The highest BCUT2D eigenvalue weighted by atomic mass is 127. The lowest BCUT2D eigenvalue weighted by molar-refractivity contribution is 0.665. The molecule has 0 saturated carbocycles. The molecule has 1 rings (SSSR count). The number of hydrogen-bond donors (Lipinski definition) is 2. The summed E-state index contributed by atoms with van der Waals surface area (Å²) >= 11 is 3.67. The smallest absolute Gasteiger partial charge is 0.191 e. The van der Waals surface area contributed by atoms with Gasteiger partial charge in [-0.15, -0.1) is 35.3 Å². The molecular formula is C13H24IN3S2. The second-order valence-electron chi connectivity index (χ2n) is 4.76. The molecule has 0 saturated heterocycles. The number of nitrogens with zero attached hydrogens (tertiary/aromatic N) is 1. The molecule has 0 bridgehead atoms. The fourth-order valence-corrected chi connectivity index (χ4v) is 2.39. The highest BCUT2D eigenvalue weighted by molar-refractivity contribution is 14.0. The highest BCUT2D eigenvalue weighted by Gasteiger charge is 2.15. The second-order valence-corrected chi connectivity index (χ2v) is 7.64. The lowest BCUT2D eigenvalue weighted by Gasteiger charge is -2.23. The van der Waals surface area contributed by atoms with Crippen LogP contribution < -0.4 is 10.6 Å². The average Bonchev–Trinajstić information content (AvgIpc) is 2.75. The molecule has 0 aliphatic rings. The summed E-state index contributed by atoms with van der Waals surface area (Å²) in [7, 11) is 1.81. The Morgan fingerprint density at radius 3 is 2.53 bits per heavy atom. The number of rotatable bonds is 5. The molecular weight excluding hydrogens is 389 g/mol. The van der Waals surface area contributed by atoms with E-state index in [2.05, 4.69) is 54.8 Å². The minimum absolute atomic E-state index is 0. The van der Waals surface area contributed by atoms with E-state index in [1.165, 1.54) is 9.75 Å². The Morgan fingerprint density at radius 1 is 1.37 bits per heavy atom. The van der Waals surface area contributed by atoms with Crippen LogP contribution in [-0.4, -0.2) is 30.6 Å². The molecule has 0 aliphatic carbocycles. The second kappa shape index (κ2) is 9.07. The zero-order valence-corrected chi connectivity index (χ0v) is 16.2. The lowest BCUT2D eigenvalue weighted by Crippen LogP contribution is -2.42. The van der Waals surface area contributed by atoms with Crippen LogP contribution >= 0.6 is 47.1 Å². The number of halogens is 1. The quantitative estimate of drug-likeness (QED) is 0.441. The van der Waals surface area contributed by atoms with Gasteiger partial charge in [-0.3, -0.25) is 4.99 Å². The first kappa shape index (κ1) is 19.1. The number of nitrogens with one attached hydrogen (secondary N) is 2. The summed E-state index contributed by atoms with van der Waals surface area (Å²) < 4.78 is 0.219. The summed E-state index contributed by atoms with van der Waals surface area (Å²) in [6, 6.07) is 4.31. The van der Waals surface area contributed by atoms with Gasteiger partial charge in [-0.25, -0.2) is 0 Å². The van der Waals surface area contributed by atoms with Gasteiger partial charge in [-0.05, 0) is 39.2 Å². The molecule has 1 aromatic heterocycles. The molecule has 0 radical (unpaired) electrons. The number of aliphatic imine (C=N–C) groups is 1. The van der Waals surface area contributed by atoms with Crippen LogP contribution in [0.25, 0.3) is 0 Å². The minimum atomic E-state index is 0. The van der Waals surface area contributed by atoms with Crippen LogP contribution in [-0.2, 0) is 6.54 Å². The van der Waals surface area contributed by atoms with Gasteiger partial charge in [0.25, 0.3) is 0 Å². The zero-order chi connectivity index (χ0) is 13.6. The van der Waals surface area contributed by atoms with Gasteiger partial charge in [-0.1, -0.05) is 0 Å². The van der Waals surface area contributed by atoms with Crippen molar-refractivity contribution in [2.24, 2.45) is 4.99 Å². The summed E-state index contributed by atoms with van der Waals surface area (Å²) in [5, 5.41) is 6.70. The first-order valence-electron chi connectivity index (χ1n) is 6.02. The maximum atomic E-state index is 4.24. The van der Waals surface area contributed by atoms with Gasteiger partial charge in [0.05, 0.1) is 6.54 Å². The molecule has 6 heteroatoms. The molecule has 3 nitrogen and oxygen atoms in total. The van der Waals surface area contributed by atoms with E-state index in [1.807, 2.05) is 23.1 Å². The SMILES string of the molecule is CN=C(NCc1ccc(C)s1)NCC(C)(C)SC.I. The molecule has 1 heterocycles. The van der Waals surface area contributed by atoms with E-state index in [-0.39, 0.29) is 28.7 Å². The van der Waals surface area contributed by atoms with Crippen molar-refractivity contribution in [1.29, 1.82) is 0 Å². The fourth-order valence-electron chi connectivity index (χ4n) is 1.34. The first-order valence-corrected chi connectivity index (χ1v) is 8.06. The van der Waals surface area contributed by atoms with Gasteiger partial charge in [0.2, 0.25) is 0 Å². The molecule has 2 N–H and O–H groups in total. The summed E-state index contributed by atoms with van der Waals surface area (Å²) in [5.41, 5.74) is 0. The zero-order valence-electron chi connectivity index (χ0n) is 12.2. The van der Waals surface area contributed by atoms with Crippen molar-refractivity contribution in [1.82, 2.24) is 10.6 Å². The number of hydrogen-bond acceptors (Lipinski definition) is 3. The molecule has 0 aliphatic heterocycles. The Hall–Kier alpha value is 0.0500. The van der Waals surface area contributed by atoms with E-state index in [4.69, 9.17) is 0 Å². The van der Waals surface area contributed by atoms with E-state index in [0.717, 1.165) is 19.0 Å². The van der Waals surface area contributed by atoms with Crippen molar-refractivity contribution in [3.63, 3.8) is 0 Å². The summed E-state index contributed by atoms with van der Waals surface area (Å²) in [4.78, 5) is 6.92. The van der Waals surface area contributed by atoms with Gasteiger partial charge in [0, 0.05) is 28.1 Å². The number of thiophene rings is 1. The van der Waals surface area contributed by atoms with Gasteiger partial charge in [0.15, 0.2) is 5.96 Å². The molecule has 0 aromatic carbocycles. The minimum Gasteiger partial charge on any atom is -0.355 e. The largest absolute Gasteiger partial charge is 0.355 e. The van der Waals surface area contributed by atoms with Crippen LogP contribution in [0.4, 0.5) is 0 Å². The Labute approximate surface area is 142 Å². The summed E-state index contributed by atoms with van der Waals surface area (Å²) in [6.45, 7) is 8.30. The molecule has 0 fully saturated rings. The third-order valence-electron chi connectivity index (χ3n) is 2.68. The Morgan fingerprint density at radius 2 is 2.05 bits per heavy atom. The highest BCUT2D eigenvalue weighted by Crippen LogP contribution is 2.19. The van der Waals surface area contributed by atoms with Gasteiger partial charge >= 0.3 is 0 Å². The predicted molar refractivity (Wildman–Crippen MR) is 100 cm³/mol. The molecule has 0 unspecified atom stereocenters. The van der Waals surface area contributed by atoms with Crippen LogP contribution in [0.5, 0.6) is 0 Å². The van der Waals surface area contributed by atoms with Crippen LogP contribution in [0.2, 0.25) is 0 Å². The average molecular weight is 413 g/mol. The van der Waals surface area contributed by atoms with E-state index in [1.54, 1.807) is 7.05 Å². The first-order chi connectivity index (χ1) is 8.46. The normalized spacial score (nSPS) is 11.9. The number of guanidine groups is 1. The van der Waals surface area contributed by atoms with Crippen molar-refractivity contribution >= 4 is 53.0 Å². The van der Waals surface area contributed by atoms with Gasteiger partial charge in [0.1, 0.15) is 0 Å². The Balaban J connectivity index is 0.00000324. The predicted octanol–water partition coefficient (Wildman–Crippen LogP) is 3.48.